The molecule has 0 radical (unpaired) electrons. The third kappa shape index (κ3) is 5.71. The third-order valence-electron chi connectivity index (χ3n) is 2.65. The number of carbonyl (C=O) groups excluding carboxylic acids is 1. The van der Waals surface area contributed by atoms with Crippen molar-refractivity contribution in [1.82, 2.24) is 0 Å². The lowest BCUT2D eigenvalue weighted by Crippen LogP contribution is -2.05. The molecular weight excluding hydrogens is 288 g/mol. The van der Waals surface area contributed by atoms with Crippen molar-refractivity contribution in [2.75, 3.05) is 20.0 Å². The molecule has 1 unspecified atom stereocenters. The quantitative estimate of drug-likeness (QED) is 0.439. The van der Waals surface area contributed by atoms with Gasteiger partial charge in [-0.25, -0.2) is 4.79 Å². The Hall–Kier alpha value is -0.920. The van der Waals surface area contributed by atoms with Gasteiger partial charge in [0.25, 0.3) is 10.1 Å². The molecule has 7 heteroatoms. The fourth-order valence-corrected chi connectivity index (χ4v) is 2.95. The molecule has 108 valence electrons. The standard InChI is InChI=1S/C12H18O5S2/c1-9(5-4-6-17-19(3,14)15)10-7-11(18-8-10)12(13)16-2/h7-9H,4-6H2,1-3H3. The Balaban J connectivity index is 2.43. The summed E-state index contributed by atoms with van der Waals surface area (Å²) in [6.45, 7) is 2.22. The molecule has 0 saturated carbocycles. The van der Waals surface area contributed by atoms with Crippen LogP contribution >= 0.6 is 11.3 Å². The Labute approximate surface area is 117 Å². The molecule has 1 heterocycles. The van der Waals surface area contributed by atoms with Crippen molar-refractivity contribution in [1.29, 1.82) is 0 Å². The minimum Gasteiger partial charge on any atom is -0.465 e. The number of thiophene rings is 1. The molecule has 1 aromatic heterocycles. The second kappa shape index (κ2) is 7.02. The van der Waals surface area contributed by atoms with E-state index in [1.807, 2.05) is 18.4 Å². The maximum absolute atomic E-state index is 11.3. The fraction of sp³-hybridized carbons (Fsp3) is 0.583. The van der Waals surface area contributed by atoms with Crippen LogP contribution in [0, 0.1) is 0 Å². The number of carbonyl (C=O) groups is 1. The lowest BCUT2D eigenvalue weighted by Gasteiger charge is -2.08. The first-order valence-corrected chi connectivity index (χ1v) is 8.54. The van der Waals surface area contributed by atoms with E-state index >= 15 is 0 Å². The highest BCUT2D eigenvalue weighted by Crippen LogP contribution is 2.26. The Morgan fingerprint density at radius 2 is 2.16 bits per heavy atom. The van der Waals surface area contributed by atoms with Crippen molar-refractivity contribution in [2.24, 2.45) is 0 Å². The van der Waals surface area contributed by atoms with Crippen LogP contribution in [0.1, 0.15) is 40.9 Å². The van der Waals surface area contributed by atoms with Gasteiger partial charge in [-0.15, -0.1) is 11.3 Å². The van der Waals surface area contributed by atoms with E-state index < -0.39 is 10.1 Å². The van der Waals surface area contributed by atoms with E-state index in [1.165, 1.54) is 18.4 Å². The average Bonchev–Trinajstić information content (AvgIpc) is 2.81. The second-order valence-corrected chi connectivity index (χ2v) is 6.86. The van der Waals surface area contributed by atoms with Crippen LogP contribution in [0.4, 0.5) is 0 Å². The van der Waals surface area contributed by atoms with Gasteiger partial charge in [-0.3, -0.25) is 4.18 Å². The summed E-state index contributed by atoms with van der Waals surface area (Å²) in [5, 5.41) is 1.92. The van der Waals surface area contributed by atoms with Gasteiger partial charge in [0.05, 0.1) is 20.0 Å². The zero-order chi connectivity index (χ0) is 14.5. The van der Waals surface area contributed by atoms with Gasteiger partial charge in [0, 0.05) is 0 Å². The molecule has 0 N–H and O–H groups in total. The SMILES string of the molecule is COC(=O)c1cc(C(C)CCCOS(C)(=O)=O)cs1. The maximum atomic E-state index is 11.3. The Morgan fingerprint density at radius 1 is 1.47 bits per heavy atom. The molecule has 0 aliphatic carbocycles. The number of ether oxygens (including phenoxy) is 1. The van der Waals surface area contributed by atoms with Crippen LogP contribution in [0.3, 0.4) is 0 Å². The van der Waals surface area contributed by atoms with Gasteiger partial charge in [0.15, 0.2) is 0 Å². The van der Waals surface area contributed by atoms with Crippen LogP contribution < -0.4 is 0 Å². The molecule has 0 aliphatic heterocycles. The summed E-state index contributed by atoms with van der Waals surface area (Å²) in [4.78, 5) is 11.9. The summed E-state index contributed by atoms with van der Waals surface area (Å²) in [7, 11) is -2.00. The molecule has 0 spiro atoms. The maximum Gasteiger partial charge on any atom is 0.348 e. The number of hydrogen-bond donors (Lipinski definition) is 0. The lowest BCUT2D eigenvalue weighted by atomic mass is 9.99. The Kier molecular flexibility index (Phi) is 5.96. The van der Waals surface area contributed by atoms with Crippen LogP contribution in [0.5, 0.6) is 0 Å². The molecular formula is C12H18O5S2. The Morgan fingerprint density at radius 3 is 2.74 bits per heavy atom. The molecule has 0 bridgehead atoms. The van der Waals surface area contributed by atoms with Gasteiger partial charge in [-0.05, 0) is 35.8 Å². The van der Waals surface area contributed by atoms with Crippen LogP contribution in [-0.4, -0.2) is 34.4 Å². The normalized spacial score (nSPS) is 13.2. The van der Waals surface area contributed by atoms with E-state index in [-0.39, 0.29) is 18.5 Å². The fourth-order valence-electron chi connectivity index (χ4n) is 1.58. The number of esters is 1. The number of rotatable bonds is 7. The molecule has 1 aromatic rings. The highest BCUT2D eigenvalue weighted by Gasteiger charge is 2.13. The molecule has 1 rings (SSSR count). The number of hydrogen-bond acceptors (Lipinski definition) is 6. The number of methoxy groups -OCH3 is 1. The van der Waals surface area contributed by atoms with Crippen molar-refractivity contribution in [3.05, 3.63) is 21.9 Å². The van der Waals surface area contributed by atoms with Crippen molar-refractivity contribution in [3.8, 4) is 0 Å². The van der Waals surface area contributed by atoms with Gasteiger partial charge >= 0.3 is 5.97 Å². The molecule has 5 nitrogen and oxygen atoms in total. The van der Waals surface area contributed by atoms with Gasteiger partial charge in [0.1, 0.15) is 4.88 Å². The van der Waals surface area contributed by atoms with Gasteiger partial charge < -0.3 is 4.74 Å². The summed E-state index contributed by atoms with van der Waals surface area (Å²) in [6.07, 6.45) is 2.49. The van der Waals surface area contributed by atoms with E-state index in [0.29, 0.717) is 11.3 Å². The summed E-state index contributed by atoms with van der Waals surface area (Å²) >= 11 is 1.35. The second-order valence-electron chi connectivity index (χ2n) is 4.31. The summed E-state index contributed by atoms with van der Waals surface area (Å²) in [5.41, 5.74) is 1.06. The first-order chi connectivity index (χ1) is 8.83. The minimum atomic E-state index is -3.36. The first kappa shape index (κ1) is 16.1. The van der Waals surface area contributed by atoms with E-state index in [9.17, 15) is 13.2 Å². The van der Waals surface area contributed by atoms with Crippen LogP contribution in [0.15, 0.2) is 11.4 Å². The predicted molar refractivity (Wildman–Crippen MR) is 74.1 cm³/mol. The largest absolute Gasteiger partial charge is 0.465 e. The molecule has 1 atom stereocenters. The molecule has 0 amide bonds. The topological polar surface area (TPSA) is 69.7 Å². The highest BCUT2D eigenvalue weighted by molar-refractivity contribution is 7.85. The van der Waals surface area contributed by atoms with Crippen molar-refractivity contribution in [2.45, 2.75) is 25.7 Å². The van der Waals surface area contributed by atoms with Gasteiger partial charge in [-0.1, -0.05) is 6.92 Å². The average molecular weight is 306 g/mol. The van der Waals surface area contributed by atoms with Crippen molar-refractivity contribution < 1.29 is 22.1 Å². The van der Waals surface area contributed by atoms with Crippen molar-refractivity contribution in [3.63, 3.8) is 0 Å². The van der Waals surface area contributed by atoms with Gasteiger partial charge in [0.2, 0.25) is 0 Å². The summed E-state index contributed by atoms with van der Waals surface area (Å²) in [5.74, 6) is -0.0818. The zero-order valence-corrected chi connectivity index (χ0v) is 12.8. The highest BCUT2D eigenvalue weighted by atomic mass is 32.2. The molecule has 0 fully saturated rings. The minimum absolute atomic E-state index is 0.192. The zero-order valence-electron chi connectivity index (χ0n) is 11.2. The first-order valence-electron chi connectivity index (χ1n) is 5.84. The molecule has 19 heavy (non-hydrogen) atoms. The van der Waals surface area contributed by atoms with Crippen LogP contribution in [0.2, 0.25) is 0 Å². The smallest absolute Gasteiger partial charge is 0.348 e. The summed E-state index contributed by atoms with van der Waals surface area (Å²) < 4.78 is 30.9. The Bertz CT molecular complexity index is 518. The third-order valence-corrected chi connectivity index (χ3v) is 4.18. The molecule has 0 aromatic carbocycles. The van der Waals surface area contributed by atoms with Crippen LogP contribution in [0.25, 0.3) is 0 Å². The molecule has 0 aliphatic rings. The predicted octanol–water partition coefficient (Wildman–Crippen LogP) is 2.39. The summed E-state index contributed by atoms with van der Waals surface area (Å²) in [6, 6.07) is 1.82. The monoisotopic (exact) mass is 306 g/mol. The van der Waals surface area contributed by atoms with E-state index in [2.05, 4.69) is 8.92 Å². The van der Waals surface area contributed by atoms with E-state index in [4.69, 9.17) is 0 Å². The molecule has 0 saturated heterocycles. The van der Waals surface area contributed by atoms with Crippen LogP contribution in [-0.2, 0) is 19.0 Å². The van der Waals surface area contributed by atoms with Crippen molar-refractivity contribution >= 4 is 27.4 Å². The van der Waals surface area contributed by atoms with Gasteiger partial charge in [-0.2, -0.15) is 8.42 Å². The van der Waals surface area contributed by atoms with E-state index in [0.717, 1.165) is 18.2 Å². The lowest BCUT2D eigenvalue weighted by molar-refractivity contribution is 0.0606. The van der Waals surface area contributed by atoms with E-state index in [1.54, 1.807) is 0 Å².